The van der Waals surface area contributed by atoms with Crippen molar-refractivity contribution in [3.63, 3.8) is 0 Å². The Kier molecular flexibility index (Phi) is 7.29. The molecule has 0 aliphatic heterocycles. The van der Waals surface area contributed by atoms with E-state index in [9.17, 15) is 9.59 Å². The van der Waals surface area contributed by atoms with Crippen LogP contribution in [0.5, 0.6) is 11.5 Å². The summed E-state index contributed by atoms with van der Waals surface area (Å²) in [6.07, 6.45) is 1.47. The first kappa shape index (κ1) is 21.9. The number of furan rings is 1. The van der Waals surface area contributed by atoms with Gasteiger partial charge in [-0.25, -0.2) is 10.2 Å². The first-order chi connectivity index (χ1) is 15.0. The molecule has 0 saturated carbocycles. The third kappa shape index (κ3) is 5.64. The van der Waals surface area contributed by atoms with Gasteiger partial charge < -0.3 is 18.6 Å². The van der Waals surface area contributed by atoms with Gasteiger partial charge in [-0.05, 0) is 48.0 Å². The molecule has 0 aliphatic rings. The molecule has 3 rings (SSSR count). The maximum atomic E-state index is 12.1. The van der Waals surface area contributed by atoms with Crippen molar-refractivity contribution in [3.05, 3.63) is 82.3 Å². The Hall–Kier alpha value is -3.78. The van der Waals surface area contributed by atoms with Crippen LogP contribution in [0.25, 0.3) is 0 Å². The number of hydrogen-bond acceptors (Lipinski definition) is 7. The molecule has 0 bridgehead atoms. The van der Waals surface area contributed by atoms with Crippen LogP contribution >= 0.6 is 11.6 Å². The third-order valence-electron chi connectivity index (χ3n) is 4.10. The highest BCUT2D eigenvalue weighted by atomic mass is 35.5. The van der Waals surface area contributed by atoms with Crippen LogP contribution in [0, 0.1) is 0 Å². The van der Waals surface area contributed by atoms with E-state index in [1.54, 1.807) is 48.5 Å². The van der Waals surface area contributed by atoms with Crippen molar-refractivity contribution in [2.75, 3.05) is 14.2 Å². The molecule has 160 valence electrons. The number of methoxy groups -OCH3 is 2. The van der Waals surface area contributed by atoms with E-state index in [1.807, 2.05) is 0 Å². The molecular weight excluding hydrogens is 424 g/mol. The monoisotopic (exact) mass is 442 g/mol. The highest BCUT2D eigenvalue weighted by molar-refractivity contribution is 6.33. The van der Waals surface area contributed by atoms with Gasteiger partial charge >= 0.3 is 5.97 Å². The number of esters is 1. The van der Waals surface area contributed by atoms with E-state index < -0.39 is 11.9 Å². The lowest BCUT2D eigenvalue weighted by Crippen LogP contribution is -2.17. The Bertz CT molecular complexity index is 1110. The molecule has 31 heavy (non-hydrogen) atoms. The molecule has 1 N–H and O–H groups in total. The number of carbonyl (C=O) groups excluding carboxylic acids is 2. The minimum absolute atomic E-state index is 0.0919. The summed E-state index contributed by atoms with van der Waals surface area (Å²) in [4.78, 5) is 23.6. The van der Waals surface area contributed by atoms with Crippen molar-refractivity contribution in [2.45, 2.75) is 6.61 Å². The summed E-state index contributed by atoms with van der Waals surface area (Å²) < 4.78 is 21.0. The van der Waals surface area contributed by atoms with Gasteiger partial charge in [0.2, 0.25) is 5.76 Å². The van der Waals surface area contributed by atoms with E-state index in [1.165, 1.54) is 26.5 Å². The molecule has 0 spiro atoms. The molecule has 2 aromatic carbocycles. The molecule has 0 fully saturated rings. The first-order valence-electron chi connectivity index (χ1n) is 9.07. The number of carbonyl (C=O) groups is 2. The smallest absolute Gasteiger partial charge is 0.373 e. The van der Waals surface area contributed by atoms with E-state index in [0.29, 0.717) is 33.4 Å². The largest absolute Gasteiger partial charge is 0.493 e. The van der Waals surface area contributed by atoms with Crippen LogP contribution < -0.4 is 14.9 Å². The molecule has 1 heterocycles. The topological polar surface area (TPSA) is 99.4 Å². The zero-order chi connectivity index (χ0) is 22.2. The predicted octanol–water partition coefficient (Wildman–Crippen LogP) is 4.07. The number of hydrazone groups is 1. The summed E-state index contributed by atoms with van der Waals surface area (Å²) in [7, 11) is 2.78. The number of nitrogens with one attached hydrogen (secondary N) is 1. The van der Waals surface area contributed by atoms with Crippen LogP contribution in [0.4, 0.5) is 0 Å². The molecular formula is C22H19ClN2O6. The van der Waals surface area contributed by atoms with Gasteiger partial charge in [0.05, 0.1) is 31.0 Å². The van der Waals surface area contributed by atoms with Gasteiger partial charge in [0.1, 0.15) is 12.4 Å². The number of amides is 1. The van der Waals surface area contributed by atoms with E-state index in [4.69, 9.17) is 25.5 Å². The standard InChI is InChI=1S/C22H19ClN2O6/c1-28-20-11-14(12-24-25-21(26)16-5-3-4-6-17(16)23)7-9-18(20)30-13-15-8-10-19(31-15)22(27)29-2/h3-12H,13H2,1-2H3,(H,25,26)/b24-12+. The highest BCUT2D eigenvalue weighted by Gasteiger charge is 2.13. The van der Waals surface area contributed by atoms with Gasteiger partial charge in [-0.1, -0.05) is 23.7 Å². The second kappa shape index (κ2) is 10.3. The summed E-state index contributed by atoms with van der Waals surface area (Å²) in [5.41, 5.74) is 3.43. The van der Waals surface area contributed by atoms with Crippen LogP contribution in [0.3, 0.4) is 0 Å². The van der Waals surface area contributed by atoms with Crippen molar-refractivity contribution in [2.24, 2.45) is 5.10 Å². The minimum Gasteiger partial charge on any atom is -0.493 e. The summed E-state index contributed by atoms with van der Waals surface area (Å²) in [5.74, 6) is 0.498. The molecule has 8 nitrogen and oxygen atoms in total. The Morgan fingerprint density at radius 1 is 1.10 bits per heavy atom. The fourth-order valence-electron chi connectivity index (χ4n) is 2.57. The number of rotatable bonds is 8. The van der Waals surface area contributed by atoms with Crippen LogP contribution in [0.2, 0.25) is 5.02 Å². The zero-order valence-electron chi connectivity index (χ0n) is 16.8. The third-order valence-corrected chi connectivity index (χ3v) is 4.43. The predicted molar refractivity (Wildman–Crippen MR) is 114 cm³/mol. The van der Waals surface area contributed by atoms with E-state index in [0.717, 1.165) is 0 Å². The molecule has 0 unspecified atom stereocenters. The average Bonchev–Trinajstić information content (AvgIpc) is 3.26. The average molecular weight is 443 g/mol. The molecule has 0 aliphatic carbocycles. The molecule has 1 amide bonds. The fourth-order valence-corrected chi connectivity index (χ4v) is 2.79. The van der Waals surface area contributed by atoms with Crippen LogP contribution in [0.1, 0.15) is 32.2 Å². The summed E-state index contributed by atoms with van der Waals surface area (Å²) in [6, 6.07) is 15.0. The molecule has 9 heteroatoms. The number of halogens is 1. The van der Waals surface area contributed by atoms with Gasteiger partial charge in [-0.2, -0.15) is 5.10 Å². The minimum atomic E-state index is -0.561. The maximum absolute atomic E-state index is 12.1. The molecule has 0 saturated heterocycles. The van der Waals surface area contributed by atoms with Crippen molar-refractivity contribution in [3.8, 4) is 11.5 Å². The van der Waals surface area contributed by atoms with Crippen LogP contribution in [-0.2, 0) is 11.3 Å². The quantitative estimate of drug-likeness (QED) is 0.320. The van der Waals surface area contributed by atoms with Gasteiger partial charge in [0, 0.05) is 0 Å². The van der Waals surface area contributed by atoms with E-state index >= 15 is 0 Å². The van der Waals surface area contributed by atoms with Gasteiger partial charge in [-0.15, -0.1) is 0 Å². The van der Waals surface area contributed by atoms with Gasteiger partial charge in [0.25, 0.3) is 5.91 Å². The van der Waals surface area contributed by atoms with E-state index in [-0.39, 0.29) is 12.4 Å². The summed E-state index contributed by atoms with van der Waals surface area (Å²) >= 11 is 6.00. The SMILES string of the molecule is COC(=O)c1ccc(COc2ccc(/C=N/NC(=O)c3ccccc3Cl)cc2OC)o1. The van der Waals surface area contributed by atoms with Crippen molar-refractivity contribution in [1.29, 1.82) is 0 Å². The maximum Gasteiger partial charge on any atom is 0.373 e. The lowest BCUT2D eigenvalue weighted by Gasteiger charge is -2.10. The normalized spacial score (nSPS) is 10.7. The second-order valence-corrected chi connectivity index (χ2v) is 6.54. The number of nitrogens with zero attached hydrogens (tertiary/aromatic N) is 1. The zero-order valence-corrected chi connectivity index (χ0v) is 17.5. The lowest BCUT2D eigenvalue weighted by atomic mass is 10.2. The highest BCUT2D eigenvalue weighted by Crippen LogP contribution is 2.28. The molecule has 0 atom stereocenters. The van der Waals surface area contributed by atoms with Crippen molar-refractivity contribution in [1.82, 2.24) is 5.43 Å². The number of hydrogen-bond donors (Lipinski definition) is 1. The fraction of sp³-hybridized carbons (Fsp3) is 0.136. The Morgan fingerprint density at radius 3 is 2.65 bits per heavy atom. The first-order valence-corrected chi connectivity index (χ1v) is 9.45. The van der Waals surface area contributed by atoms with Crippen molar-refractivity contribution >= 4 is 29.7 Å². The number of ether oxygens (including phenoxy) is 3. The van der Waals surface area contributed by atoms with Gasteiger partial charge in [-0.3, -0.25) is 4.79 Å². The summed E-state index contributed by atoms with van der Waals surface area (Å²) in [6.45, 7) is 0.0919. The van der Waals surface area contributed by atoms with Crippen LogP contribution in [-0.4, -0.2) is 32.3 Å². The lowest BCUT2D eigenvalue weighted by molar-refractivity contribution is 0.0560. The molecule has 3 aromatic rings. The molecule has 0 radical (unpaired) electrons. The van der Waals surface area contributed by atoms with Gasteiger partial charge in [0.15, 0.2) is 11.5 Å². The molecule has 1 aromatic heterocycles. The second-order valence-electron chi connectivity index (χ2n) is 6.14. The van der Waals surface area contributed by atoms with Crippen molar-refractivity contribution < 1.29 is 28.2 Å². The summed E-state index contributed by atoms with van der Waals surface area (Å²) in [5, 5.41) is 4.29. The Morgan fingerprint density at radius 2 is 1.90 bits per heavy atom. The van der Waals surface area contributed by atoms with Crippen LogP contribution in [0.15, 0.2) is 64.1 Å². The Balaban J connectivity index is 1.62. The van der Waals surface area contributed by atoms with E-state index in [2.05, 4.69) is 15.3 Å². The number of benzene rings is 2. The Labute approximate surface area is 183 Å².